The Kier molecular flexibility index (Phi) is 3.52. The summed E-state index contributed by atoms with van der Waals surface area (Å²) in [4.78, 5) is 14.2. The molecule has 2 rings (SSSR count). The van der Waals surface area contributed by atoms with Crippen molar-refractivity contribution >= 4 is 34.6 Å². The van der Waals surface area contributed by atoms with Crippen LogP contribution < -0.4 is 11.1 Å². The number of hydrogen-bond acceptors (Lipinski definition) is 5. The van der Waals surface area contributed by atoms with Crippen molar-refractivity contribution < 1.29 is 4.92 Å². The van der Waals surface area contributed by atoms with Gasteiger partial charge < -0.3 is 11.1 Å². The number of benzene rings is 1. The first kappa shape index (κ1) is 13.1. The Hall–Kier alpha value is -2.34. The second-order valence-electron chi connectivity index (χ2n) is 4.00. The van der Waals surface area contributed by atoms with E-state index in [0.29, 0.717) is 10.7 Å². The maximum atomic E-state index is 10.7. The highest BCUT2D eigenvalue weighted by molar-refractivity contribution is 6.33. The maximum Gasteiger partial charge on any atom is 0.276 e. The van der Waals surface area contributed by atoms with E-state index >= 15 is 0 Å². The Labute approximate surface area is 114 Å². The summed E-state index contributed by atoms with van der Waals surface area (Å²) in [6, 6.07) is 7.92. The molecule has 98 valence electrons. The third-order valence-corrected chi connectivity index (χ3v) is 2.75. The number of nitrogens with zero attached hydrogens (tertiary/aromatic N) is 2. The Morgan fingerprint density at radius 1 is 1.37 bits per heavy atom. The first-order valence-electron chi connectivity index (χ1n) is 5.41. The van der Waals surface area contributed by atoms with Gasteiger partial charge in [0.15, 0.2) is 0 Å². The Morgan fingerprint density at radius 2 is 2.11 bits per heavy atom. The van der Waals surface area contributed by atoms with E-state index in [4.69, 9.17) is 17.3 Å². The molecule has 6 nitrogen and oxygen atoms in total. The summed E-state index contributed by atoms with van der Waals surface area (Å²) in [6.45, 7) is 1.91. The molecule has 0 atom stereocenters. The van der Waals surface area contributed by atoms with Crippen LogP contribution in [0, 0.1) is 17.0 Å². The Balaban J connectivity index is 2.38. The van der Waals surface area contributed by atoms with E-state index in [-0.39, 0.29) is 17.3 Å². The average molecular weight is 279 g/mol. The minimum absolute atomic E-state index is 0.0699. The molecule has 0 unspecified atom stereocenters. The van der Waals surface area contributed by atoms with Gasteiger partial charge in [0, 0.05) is 0 Å². The normalized spacial score (nSPS) is 10.2. The lowest BCUT2D eigenvalue weighted by molar-refractivity contribution is -0.384. The highest BCUT2D eigenvalue weighted by Gasteiger charge is 2.11. The van der Waals surface area contributed by atoms with Crippen LogP contribution in [0.4, 0.5) is 23.0 Å². The lowest BCUT2D eigenvalue weighted by Crippen LogP contribution is -2.00. The number of pyridine rings is 1. The predicted molar refractivity (Wildman–Crippen MR) is 74.8 cm³/mol. The number of nitrogen functional groups attached to an aromatic ring is 1. The predicted octanol–water partition coefficient (Wildman–Crippen LogP) is 3.28. The van der Waals surface area contributed by atoms with E-state index in [0.717, 1.165) is 5.56 Å². The second kappa shape index (κ2) is 5.11. The van der Waals surface area contributed by atoms with Crippen molar-refractivity contribution in [2.75, 3.05) is 11.1 Å². The van der Waals surface area contributed by atoms with Crippen molar-refractivity contribution in [3.63, 3.8) is 0 Å². The molecular formula is C12H11ClN4O2. The molecule has 0 saturated heterocycles. The van der Waals surface area contributed by atoms with Crippen LogP contribution in [0.15, 0.2) is 30.3 Å². The SMILES string of the molecule is Cc1ccc(Cl)c(Nc2cc([N+](=O)[O-])cc(N)n2)c1. The molecule has 0 bridgehead atoms. The third kappa shape index (κ3) is 3.11. The topological polar surface area (TPSA) is 94.1 Å². The average Bonchev–Trinajstić information content (AvgIpc) is 2.33. The molecule has 0 saturated carbocycles. The van der Waals surface area contributed by atoms with E-state index in [1.54, 1.807) is 6.07 Å². The Bertz CT molecular complexity index is 646. The van der Waals surface area contributed by atoms with Gasteiger partial charge in [0.25, 0.3) is 5.69 Å². The fourth-order valence-electron chi connectivity index (χ4n) is 1.58. The van der Waals surface area contributed by atoms with Gasteiger partial charge in [-0.15, -0.1) is 0 Å². The van der Waals surface area contributed by atoms with Crippen LogP contribution in [0.1, 0.15) is 5.56 Å². The maximum absolute atomic E-state index is 10.7. The van der Waals surface area contributed by atoms with Crippen LogP contribution in [0.25, 0.3) is 0 Å². The zero-order valence-corrected chi connectivity index (χ0v) is 10.8. The highest BCUT2D eigenvalue weighted by atomic mass is 35.5. The van der Waals surface area contributed by atoms with Crippen LogP contribution >= 0.6 is 11.6 Å². The van der Waals surface area contributed by atoms with Crippen LogP contribution in [-0.4, -0.2) is 9.91 Å². The van der Waals surface area contributed by atoms with Crippen LogP contribution in [0.2, 0.25) is 5.02 Å². The largest absolute Gasteiger partial charge is 0.383 e. The number of nitro groups is 1. The van der Waals surface area contributed by atoms with Gasteiger partial charge in [-0.25, -0.2) is 4.98 Å². The number of anilines is 3. The molecule has 7 heteroatoms. The molecule has 0 amide bonds. The molecule has 0 spiro atoms. The number of aromatic nitrogens is 1. The van der Waals surface area contributed by atoms with E-state index < -0.39 is 4.92 Å². The molecule has 0 fully saturated rings. The van der Waals surface area contributed by atoms with Crippen molar-refractivity contribution in [1.29, 1.82) is 0 Å². The number of aryl methyl sites for hydroxylation is 1. The van der Waals surface area contributed by atoms with Crippen LogP contribution in [0.5, 0.6) is 0 Å². The monoisotopic (exact) mass is 278 g/mol. The standard InChI is InChI=1S/C12H11ClN4O2/c1-7-2-3-9(13)10(4-7)15-12-6-8(17(18)19)5-11(14)16-12/h2-6H,1H3,(H3,14,15,16). The zero-order chi connectivity index (χ0) is 14.0. The van der Waals surface area contributed by atoms with Crippen molar-refractivity contribution in [2.24, 2.45) is 0 Å². The van der Waals surface area contributed by atoms with Crippen LogP contribution in [0.3, 0.4) is 0 Å². The Morgan fingerprint density at radius 3 is 2.79 bits per heavy atom. The summed E-state index contributed by atoms with van der Waals surface area (Å²) in [5.41, 5.74) is 7.03. The molecular weight excluding hydrogens is 268 g/mol. The van der Waals surface area contributed by atoms with Gasteiger partial charge in [0.05, 0.1) is 27.8 Å². The summed E-state index contributed by atoms with van der Waals surface area (Å²) >= 11 is 6.03. The fraction of sp³-hybridized carbons (Fsp3) is 0.0833. The summed E-state index contributed by atoms with van der Waals surface area (Å²) in [6.07, 6.45) is 0. The van der Waals surface area contributed by atoms with Gasteiger partial charge in [-0.1, -0.05) is 17.7 Å². The van der Waals surface area contributed by atoms with Crippen molar-refractivity contribution in [3.05, 3.63) is 51.0 Å². The molecule has 19 heavy (non-hydrogen) atoms. The molecule has 1 aromatic carbocycles. The lowest BCUT2D eigenvalue weighted by Gasteiger charge is -2.09. The first-order valence-corrected chi connectivity index (χ1v) is 5.78. The van der Waals surface area contributed by atoms with Gasteiger partial charge in [-0.05, 0) is 24.6 Å². The van der Waals surface area contributed by atoms with Gasteiger partial charge in [-0.2, -0.15) is 0 Å². The number of rotatable bonds is 3. The summed E-state index contributed by atoms with van der Waals surface area (Å²) in [7, 11) is 0. The van der Waals surface area contributed by atoms with E-state index in [9.17, 15) is 10.1 Å². The minimum Gasteiger partial charge on any atom is -0.383 e. The van der Waals surface area contributed by atoms with E-state index in [1.165, 1.54) is 12.1 Å². The summed E-state index contributed by atoms with van der Waals surface area (Å²) in [5.74, 6) is 0.347. The van der Waals surface area contributed by atoms with Crippen molar-refractivity contribution in [2.45, 2.75) is 6.92 Å². The van der Waals surface area contributed by atoms with Gasteiger partial charge in [-0.3, -0.25) is 10.1 Å². The van der Waals surface area contributed by atoms with Gasteiger partial charge >= 0.3 is 0 Å². The van der Waals surface area contributed by atoms with Crippen molar-refractivity contribution in [3.8, 4) is 0 Å². The lowest BCUT2D eigenvalue weighted by atomic mass is 10.2. The first-order chi connectivity index (χ1) is 8.95. The quantitative estimate of drug-likeness (QED) is 0.664. The summed E-state index contributed by atoms with van der Waals surface area (Å²) in [5, 5.41) is 14.2. The van der Waals surface area contributed by atoms with Gasteiger partial charge in [0.1, 0.15) is 11.6 Å². The molecule has 0 aliphatic carbocycles. The molecule has 1 aromatic heterocycles. The number of hydrogen-bond donors (Lipinski definition) is 2. The van der Waals surface area contributed by atoms with Gasteiger partial charge in [0.2, 0.25) is 0 Å². The molecule has 3 N–H and O–H groups in total. The number of halogens is 1. The zero-order valence-electron chi connectivity index (χ0n) is 10.1. The third-order valence-electron chi connectivity index (χ3n) is 2.43. The molecule has 1 heterocycles. The molecule has 0 radical (unpaired) electrons. The molecule has 0 aliphatic rings. The smallest absolute Gasteiger partial charge is 0.276 e. The highest BCUT2D eigenvalue weighted by Crippen LogP contribution is 2.27. The molecule has 0 aliphatic heterocycles. The minimum atomic E-state index is -0.527. The van der Waals surface area contributed by atoms with E-state index in [2.05, 4.69) is 10.3 Å². The number of nitrogens with two attached hydrogens (primary N) is 1. The summed E-state index contributed by atoms with van der Waals surface area (Å²) < 4.78 is 0. The van der Waals surface area contributed by atoms with E-state index in [1.807, 2.05) is 19.1 Å². The number of nitrogens with one attached hydrogen (secondary N) is 1. The van der Waals surface area contributed by atoms with Crippen molar-refractivity contribution in [1.82, 2.24) is 4.98 Å². The second-order valence-corrected chi connectivity index (χ2v) is 4.41. The fourth-order valence-corrected chi connectivity index (χ4v) is 1.74. The van der Waals surface area contributed by atoms with Crippen LogP contribution in [-0.2, 0) is 0 Å². The molecule has 2 aromatic rings.